The van der Waals surface area contributed by atoms with Gasteiger partial charge in [-0.3, -0.25) is 0 Å². The molecule has 292 valence electrons. The van der Waals surface area contributed by atoms with Crippen LogP contribution in [0.3, 0.4) is 0 Å². The van der Waals surface area contributed by atoms with Crippen LogP contribution < -0.4 is 0 Å². The maximum Gasteiger partial charge on any atom is 0.0525 e. The van der Waals surface area contributed by atoms with Crippen LogP contribution in [0.15, 0.2) is 223 Å². The molecule has 8 aromatic carbocycles. The Morgan fingerprint density at radius 3 is 1.57 bits per heavy atom. The lowest BCUT2D eigenvalue weighted by Crippen LogP contribution is -2.25. The van der Waals surface area contributed by atoms with E-state index in [1.807, 2.05) is 0 Å². The van der Waals surface area contributed by atoms with Crippen molar-refractivity contribution < 1.29 is 0 Å². The smallest absolute Gasteiger partial charge is 0.0525 e. The summed E-state index contributed by atoms with van der Waals surface area (Å²) in [5.74, 6) is 0.341. The Morgan fingerprint density at radius 2 is 0.918 bits per heavy atom. The Hall–Kier alpha value is -6.80. The summed E-state index contributed by atoms with van der Waals surface area (Å²) in [6.45, 7) is 7.18. The highest BCUT2D eigenvalue weighted by atomic mass is 28.2. The van der Waals surface area contributed by atoms with E-state index in [0.29, 0.717) is 0 Å². The summed E-state index contributed by atoms with van der Waals surface area (Å²) in [4.78, 5) is 0. The summed E-state index contributed by atoms with van der Waals surface area (Å²) in [6.07, 6.45) is 5.26. The van der Waals surface area contributed by atoms with Crippen LogP contribution in [0.4, 0.5) is 0 Å². The SMILES string of the molecule is C[SiH2]C1=CC2=C(c3ccc(-c4ccccc4)cc3)c3ccccc3C(c3ccc(-c4ccccc4)cc3)C2C=C1c1ccc(-c2ccc3c(c2)C(C)(C)c2ccccc2-3)cc1. The highest BCUT2D eigenvalue weighted by molar-refractivity contribution is 6.49. The van der Waals surface area contributed by atoms with Crippen molar-refractivity contribution in [3.05, 3.63) is 262 Å². The zero-order chi connectivity index (χ0) is 41.1. The number of hydrogen-bond acceptors (Lipinski definition) is 0. The van der Waals surface area contributed by atoms with Gasteiger partial charge in [0.05, 0.1) is 9.52 Å². The predicted octanol–water partition coefficient (Wildman–Crippen LogP) is 14.8. The molecule has 0 saturated carbocycles. The Balaban J connectivity index is 1.02. The normalized spacial score (nSPS) is 17.3. The second-order valence-corrected chi connectivity index (χ2v) is 18.9. The second-order valence-electron chi connectivity index (χ2n) is 17.5. The number of benzene rings is 8. The van der Waals surface area contributed by atoms with Gasteiger partial charge in [0.1, 0.15) is 0 Å². The molecule has 8 aromatic rings. The average Bonchev–Trinajstić information content (AvgIpc) is 3.56. The lowest BCUT2D eigenvalue weighted by molar-refractivity contribution is 0.650. The molecule has 0 amide bonds. The first kappa shape index (κ1) is 37.2. The van der Waals surface area contributed by atoms with Crippen molar-refractivity contribution in [2.45, 2.75) is 31.7 Å². The molecule has 0 aromatic heterocycles. The van der Waals surface area contributed by atoms with Crippen LogP contribution in [0.1, 0.15) is 58.7 Å². The molecule has 3 aliphatic rings. The molecular weight excluding hydrogens is 749 g/mol. The Kier molecular flexibility index (Phi) is 9.17. The van der Waals surface area contributed by atoms with Crippen molar-refractivity contribution in [3.8, 4) is 44.5 Å². The van der Waals surface area contributed by atoms with Crippen LogP contribution in [0.5, 0.6) is 0 Å². The summed E-state index contributed by atoms with van der Waals surface area (Å²) in [5.41, 5.74) is 24.0. The van der Waals surface area contributed by atoms with Crippen molar-refractivity contribution in [2.75, 3.05) is 0 Å². The molecule has 0 heterocycles. The zero-order valence-corrected chi connectivity index (χ0v) is 36.5. The van der Waals surface area contributed by atoms with E-state index in [9.17, 15) is 0 Å². The van der Waals surface area contributed by atoms with E-state index >= 15 is 0 Å². The van der Waals surface area contributed by atoms with Gasteiger partial charge in [-0.2, -0.15) is 0 Å². The zero-order valence-electron chi connectivity index (χ0n) is 35.1. The van der Waals surface area contributed by atoms with Crippen molar-refractivity contribution >= 4 is 20.7 Å². The fourth-order valence-corrected chi connectivity index (χ4v) is 11.7. The maximum absolute atomic E-state index is 2.65. The van der Waals surface area contributed by atoms with Crippen LogP contribution in [0, 0.1) is 5.92 Å². The molecule has 0 N–H and O–H groups in total. The number of hydrogen-bond donors (Lipinski definition) is 0. The molecule has 0 nitrogen and oxygen atoms in total. The standard InChI is InChI=1S/C60H48Si/c1-60(2)55-21-13-12-18-48(55)49-35-34-47(36-56(49)60)43-22-28-44(29-23-43)52-37-53-54(38-57(52)61-3)59(46-32-26-42(27-33-46)40-16-8-5-9-17-40)51-20-11-10-19-50(51)58(53)45-30-24-41(25-31-45)39-14-6-4-7-15-39/h4-38,53,58H,61H2,1-3H3. The first-order valence-corrected chi connectivity index (χ1v) is 24.0. The van der Waals surface area contributed by atoms with E-state index in [2.05, 4.69) is 233 Å². The summed E-state index contributed by atoms with van der Waals surface area (Å²) in [5, 5.41) is 1.52. The van der Waals surface area contributed by atoms with Crippen LogP contribution >= 0.6 is 0 Å². The van der Waals surface area contributed by atoms with Gasteiger partial charge >= 0.3 is 0 Å². The molecule has 0 bridgehead atoms. The monoisotopic (exact) mass is 796 g/mol. The van der Waals surface area contributed by atoms with Gasteiger partial charge in [0, 0.05) is 17.3 Å². The van der Waals surface area contributed by atoms with Gasteiger partial charge in [-0.1, -0.05) is 232 Å². The van der Waals surface area contributed by atoms with Gasteiger partial charge in [0.2, 0.25) is 0 Å². The molecule has 0 fully saturated rings. The van der Waals surface area contributed by atoms with E-state index in [1.165, 1.54) is 105 Å². The maximum atomic E-state index is 2.65. The van der Waals surface area contributed by atoms with Crippen LogP contribution in [-0.2, 0) is 5.41 Å². The lowest BCUT2D eigenvalue weighted by Gasteiger charge is -2.39. The van der Waals surface area contributed by atoms with Crippen LogP contribution in [0.2, 0.25) is 6.55 Å². The minimum Gasteiger partial charge on any atom is -0.0708 e. The number of rotatable bonds is 7. The fourth-order valence-electron chi connectivity index (χ4n) is 10.6. The molecule has 0 spiro atoms. The van der Waals surface area contributed by atoms with E-state index in [4.69, 9.17) is 0 Å². The van der Waals surface area contributed by atoms with Crippen LogP contribution in [-0.4, -0.2) is 9.52 Å². The molecule has 0 saturated heterocycles. The third kappa shape index (κ3) is 6.35. The van der Waals surface area contributed by atoms with Crippen molar-refractivity contribution in [3.63, 3.8) is 0 Å². The molecule has 3 aliphatic carbocycles. The van der Waals surface area contributed by atoms with E-state index in [1.54, 1.807) is 0 Å². The van der Waals surface area contributed by atoms with Gasteiger partial charge in [0.15, 0.2) is 0 Å². The quantitative estimate of drug-likeness (QED) is 0.141. The van der Waals surface area contributed by atoms with Crippen LogP contribution in [0.25, 0.3) is 55.7 Å². The molecule has 2 atom stereocenters. The molecule has 0 radical (unpaired) electrons. The minimum atomic E-state index is -0.551. The number of allylic oxidation sites excluding steroid dienone is 5. The van der Waals surface area contributed by atoms with Gasteiger partial charge in [-0.05, 0) is 106 Å². The van der Waals surface area contributed by atoms with Gasteiger partial charge in [-0.15, -0.1) is 0 Å². The Morgan fingerprint density at radius 1 is 0.426 bits per heavy atom. The topological polar surface area (TPSA) is 0 Å². The second kappa shape index (κ2) is 15.0. The van der Waals surface area contributed by atoms with Gasteiger partial charge in [0.25, 0.3) is 0 Å². The van der Waals surface area contributed by atoms with Gasteiger partial charge < -0.3 is 0 Å². The minimum absolute atomic E-state index is 0.0225. The molecule has 11 rings (SSSR count). The molecule has 2 unspecified atom stereocenters. The fraction of sp³-hybridized carbons (Fsp3) is 0.100. The average molecular weight is 797 g/mol. The number of fused-ring (bicyclic) bond motifs is 5. The Labute approximate surface area is 363 Å². The third-order valence-electron chi connectivity index (χ3n) is 13.7. The summed E-state index contributed by atoms with van der Waals surface area (Å²) in [6, 6.07) is 74.8. The van der Waals surface area contributed by atoms with Crippen molar-refractivity contribution in [2.24, 2.45) is 5.92 Å². The molecular formula is C60H48Si. The summed E-state index contributed by atoms with van der Waals surface area (Å²) >= 11 is 0. The molecule has 1 heteroatoms. The third-order valence-corrected chi connectivity index (χ3v) is 15.1. The first-order valence-electron chi connectivity index (χ1n) is 21.9. The van der Waals surface area contributed by atoms with Crippen molar-refractivity contribution in [1.29, 1.82) is 0 Å². The van der Waals surface area contributed by atoms with E-state index in [0.717, 1.165) is 0 Å². The summed E-state index contributed by atoms with van der Waals surface area (Å²) < 4.78 is 0. The first-order chi connectivity index (χ1) is 30.0. The summed E-state index contributed by atoms with van der Waals surface area (Å²) in [7, 11) is -0.551. The predicted molar refractivity (Wildman–Crippen MR) is 261 cm³/mol. The molecule has 61 heavy (non-hydrogen) atoms. The highest BCUT2D eigenvalue weighted by Gasteiger charge is 2.38. The van der Waals surface area contributed by atoms with E-state index in [-0.39, 0.29) is 17.3 Å². The van der Waals surface area contributed by atoms with Gasteiger partial charge in [-0.25, -0.2) is 0 Å². The highest BCUT2D eigenvalue weighted by Crippen LogP contribution is 2.53. The van der Waals surface area contributed by atoms with E-state index < -0.39 is 9.52 Å². The van der Waals surface area contributed by atoms with Crippen molar-refractivity contribution in [1.82, 2.24) is 0 Å². The lowest BCUT2D eigenvalue weighted by atomic mass is 9.65. The Bertz CT molecular complexity index is 3030. The molecule has 0 aliphatic heterocycles. The largest absolute Gasteiger partial charge is 0.0708 e.